The quantitative estimate of drug-likeness (QED) is 0.774. The van der Waals surface area contributed by atoms with Crippen molar-refractivity contribution in [3.05, 3.63) is 0 Å². The molecule has 0 aromatic rings. The van der Waals surface area contributed by atoms with Gasteiger partial charge in [-0.05, 0) is 55.9 Å². The zero-order chi connectivity index (χ0) is 12.9. The van der Waals surface area contributed by atoms with E-state index in [0.717, 1.165) is 24.9 Å². The van der Waals surface area contributed by atoms with E-state index in [-0.39, 0.29) is 0 Å². The Kier molecular flexibility index (Phi) is 5.94. The zero-order valence-corrected chi connectivity index (χ0v) is 12.3. The Balaban J connectivity index is 2.39. The highest BCUT2D eigenvalue weighted by Crippen LogP contribution is 2.40. The number of hydrogen-bond donors (Lipinski definition) is 2. The molecule has 0 amide bonds. The van der Waals surface area contributed by atoms with Gasteiger partial charge in [-0.1, -0.05) is 27.7 Å². The number of hydrogen-bond acceptors (Lipinski definition) is 2. The van der Waals surface area contributed by atoms with Crippen LogP contribution in [0.4, 0.5) is 0 Å². The van der Waals surface area contributed by atoms with Crippen LogP contribution in [0.5, 0.6) is 0 Å². The maximum absolute atomic E-state index is 5.90. The Morgan fingerprint density at radius 2 is 1.76 bits per heavy atom. The molecule has 3 N–H and O–H groups in total. The lowest BCUT2D eigenvalue weighted by Crippen LogP contribution is -2.44. The summed E-state index contributed by atoms with van der Waals surface area (Å²) in [5.41, 5.74) is 6.39. The second kappa shape index (κ2) is 6.75. The molecule has 2 nitrogen and oxygen atoms in total. The third-order valence-corrected chi connectivity index (χ3v) is 4.48. The number of nitrogens with two attached hydrogens (primary N) is 1. The molecule has 1 unspecified atom stereocenters. The first-order chi connectivity index (χ1) is 7.99. The highest BCUT2D eigenvalue weighted by atomic mass is 14.9. The van der Waals surface area contributed by atoms with E-state index in [1.54, 1.807) is 0 Å². The minimum atomic E-state index is 0.486. The van der Waals surface area contributed by atoms with Gasteiger partial charge in [0.15, 0.2) is 0 Å². The molecular formula is C15H32N2. The number of nitrogens with one attached hydrogen (secondary N) is 1. The minimum absolute atomic E-state index is 0.486. The lowest BCUT2D eigenvalue weighted by Gasteiger charge is -2.39. The molecule has 1 fully saturated rings. The van der Waals surface area contributed by atoms with Gasteiger partial charge in [0.05, 0.1) is 0 Å². The second-order valence-electron chi connectivity index (χ2n) is 6.77. The van der Waals surface area contributed by atoms with E-state index in [1.165, 1.54) is 32.1 Å². The van der Waals surface area contributed by atoms with Gasteiger partial charge in [-0.3, -0.25) is 0 Å². The van der Waals surface area contributed by atoms with E-state index in [2.05, 4.69) is 33.0 Å². The Morgan fingerprint density at radius 3 is 2.18 bits per heavy atom. The van der Waals surface area contributed by atoms with Crippen LogP contribution >= 0.6 is 0 Å². The number of rotatable bonds is 5. The van der Waals surface area contributed by atoms with E-state index in [4.69, 9.17) is 5.73 Å². The maximum Gasteiger partial charge on any atom is 0.0218 e. The van der Waals surface area contributed by atoms with Gasteiger partial charge in [-0.2, -0.15) is 0 Å². The van der Waals surface area contributed by atoms with Crippen LogP contribution in [0.2, 0.25) is 0 Å². The van der Waals surface area contributed by atoms with Gasteiger partial charge in [-0.25, -0.2) is 0 Å². The fraction of sp³-hybridized carbons (Fsp3) is 1.00. The van der Waals surface area contributed by atoms with E-state index in [1.807, 2.05) is 0 Å². The maximum atomic E-state index is 5.90. The molecule has 0 bridgehead atoms. The van der Waals surface area contributed by atoms with Gasteiger partial charge in [0, 0.05) is 12.6 Å². The average Bonchev–Trinajstić information content (AvgIpc) is 2.29. The molecule has 0 spiro atoms. The lowest BCUT2D eigenvalue weighted by molar-refractivity contribution is 0.134. The Hall–Kier alpha value is -0.0800. The predicted molar refractivity (Wildman–Crippen MR) is 76.0 cm³/mol. The molecule has 1 aliphatic carbocycles. The van der Waals surface area contributed by atoms with Crippen LogP contribution in [-0.4, -0.2) is 19.1 Å². The highest BCUT2D eigenvalue weighted by molar-refractivity contribution is 4.86. The first kappa shape index (κ1) is 15.0. The summed E-state index contributed by atoms with van der Waals surface area (Å²) < 4.78 is 0. The summed E-state index contributed by atoms with van der Waals surface area (Å²) in [7, 11) is 0. The van der Waals surface area contributed by atoms with Crippen LogP contribution in [0, 0.1) is 17.3 Å². The van der Waals surface area contributed by atoms with Gasteiger partial charge in [-0.15, -0.1) is 0 Å². The lowest BCUT2D eigenvalue weighted by atomic mass is 9.68. The first-order valence-corrected chi connectivity index (χ1v) is 7.42. The summed E-state index contributed by atoms with van der Waals surface area (Å²) in [4.78, 5) is 0. The highest BCUT2D eigenvalue weighted by Gasteiger charge is 2.32. The average molecular weight is 240 g/mol. The van der Waals surface area contributed by atoms with Crippen molar-refractivity contribution in [1.82, 2.24) is 5.32 Å². The van der Waals surface area contributed by atoms with E-state index >= 15 is 0 Å². The van der Waals surface area contributed by atoms with Crippen LogP contribution in [0.15, 0.2) is 0 Å². The second-order valence-corrected chi connectivity index (χ2v) is 6.77. The smallest absolute Gasteiger partial charge is 0.0218 e. The SMILES string of the molecule is CCCNC(CN)C1CCC(C(C)(C)C)CC1. The molecule has 1 atom stereocenters. The van der Waals surface area contributed by atoms with Crippen molar-refractivity contribution in [2.24, 2.45) is 23.0 Å². The molecule has 0 saturated heterocycles. The van der Waals surface area contributed by atoms with Crippen LogP contribution in [-0.2, 0) is 0 Å². The molecule has 102 valence electrons. The summed E-state index contributed by atoms with van der Waals surface area (Å²) in [6.45, 7) is 11.3. The van der Waals surface area contributed by atoms with Crippen molar-refractivity contribution in [3.63, 3.8) is 0 Å². The molecule has 0 radical (unpaired) electrons. The largest absolute Gasteiger partial charge is 0.329 e. The van der Waals surface area contributed by atoms with E-state index in [0.29, 0.717) is 11.5 Å². The topological polar surface area (TPSA) is 38.0 Å². The van der Waals surface area contributed by atoms with Crippen molar-refractivity contribution in [2.45, 2.75) is 65.8 Å². The Morgan fingerprint density at radius 1 is 1.18 bits per heavy atom. The van der Waals surface area contributed by atoms with Crippen LogP contribution in [0.3, 0.4) is 0 Å². The molecule has 0 aromatic heterocycles. The molecular weight excluding hydrogens is 208 g/mol. The molecule has 17 heavy (non-hydrogen) atoms. The first-order valence-electron chi connectivity index (χ1n) is 7.42. The van der Waals surface area contributed by atoms with Crippen molar-refractivity contribution >= 4 is 0 Å². The van der Waals surface area contributed by atoms with Gasteiger partial charge in [0.1, 0.15) is 0 Å². The molecule has 0 aliphatic heterocycles. The Bertz CT molecular complexity index is 199. The molecule has 0 aromatic carbocycles. The van der Waals surface area contributed by atoms with E-state index < -0.39 is 0 Å². The van der Waals surface area contributed by atoms with Crippen molar-refractivity contribution in [2.75, 3.05) is 13.1 Å². The molecule has 0 heterocycles. The Labute approximate surface area is 108 Å². The van der Waals surface area contributed by atoms with Gasteiger partial charge in [0.25, 0.3) is 0 Å². The van der Waals surface area contributed by atoms with Crippen molar-refractivity contribution in [1.29, 1.82) is 0 Å². The van der Waals surface area contributed by atoms with Gasteiger partial charge < -0.3 is 11.1 Å². The summed E-state index contributed by atoms with van der Waals surface area (Å²) >= 11 is 0. The predicted octanol–water partition coefficient (Wildman–Crippen LogP) is 3.17. The van der Waals surface area contributed by atoms with Crippen molar-refractivity contribution < 1.29 is 0 Å². The molecule has 1 rings (SSSR count). The fourth-order valence-corrected chi connectivity index (χ4v) is 3.16. The summed E-state index contributed by atoms with van der Waals surface area (Å²) in [5, 5.41) is 3.62. The van der Waals surface area contributed by atoms with Crippen molar-refractivity contribution in [3.8, 4) is 0 Å². The zero-order valence-electron chi connectivity index (χ0n) is 12.3. The minimum Gasteiger partial charge on any atom is -0.329 e. The van der Waals surface area contributed by atoms with Crippen LogP contribution in [0.1, 0.15) is 59.8 Å². The fourth-order valence-electron chi connectivity index (χ4n) is 3.16. The summed E-state index contributed by atoms with van der Waals surface area (Å²) in [5.74, 6) is 1.72. The van der Waals surface area contributed by atoms with E-state index in [9.17, 15) is 0 Å². The van der Waals surface area contributed by atoms with Crippen LogP contribution < -0.4 is 11.1 Å². The molecule has 1 saturated carbocycles. The normalized spacial score (nSPS) is 28.1. The standard InChI is InChI=1S/C15H32N2/c1-5-10-17-14(11-16)12-6-8-13(9-7-12)15(2,3)4/h12-14,17H,5-11,16H2,1-4H3. The monoisotopic (exact) mass is 240 g/mol. The molecule has 1 aliphatic rings. The molecule has 2 heteroatoms. The summed E-state index contributed by atoms with van der Waals surface area (Å²) in [6, 6.07) is 0.552. The van der Waals surface area contributed by atoms with Crippen LogP contribution in [0.25, 0.3) is 0 Å². The van der Waals surface area contributed by atoms with Gasteiger partial charge >= 0.3 is 0 Å². The third-order valence-electron chi connectivity index (χ3n) is 4.48. The summed E-state index contributed by atoms with van der Waals surface area (Å²) in [6.07, 6.45) is 6.70. The third kappa shape index (κ3) is 4.59. The van der Waals surface area contributed by atoms with Gasteiger partial charge in [0.2, 0.25) is 0 Å².